The average molecular weight is 611 g/mol. The smallest absolute Gasteiger partial charge is 0.408 e. The van der Waals surface area contributed by atoms with Gasteiger partial charge in [-0.05, 0) is 55.4 Å². The summed E-state index contributed by atoms with van der Waals surface area (Å²) in [5.74, 6) is -2.66. The number of alkyl carbamates (subject to hydrolysis) is 2. The van der Waals surface area contributed by atoms with E-state index < -0.39 is 71.3 Å². The van der Waals surface area contributed by atoms with Crippen LogP contribution in [0.5, 0.6) is 0 Å². The normalized spacial score (nSPS) is 14.3. The molecule has 0 aliphatic carbocycles. The lowest BCUT2D eigenvalue weighted by Crippen LogP contribution is -2.53. The monoisotopic (exact) mass is 610 g/mol. The van der Waals surface area contributed by atoms with Crippen LogP contribution in [-0.4, -0.2) is 97.0 Å². The first-order chi connectivity index (χ1) is 18.3. The third kappa shape index (κ3) is 16.3. The van der Waals surface area contributed by atoms with Crippen LogP contribution in [0, 0.1) is 0 Å². The van der Waals surface area contributed by atoms with Gasteiger partial charge in [-0.2, -0.15) is 0 Å². The standard InChI is InChI=1S/C24H42N4O10S2/c1-13(19(31)35-9)25-17(29)15(27-21(33)37-23(3,4)5)11-39-40-12-16(28-22(34)38-24(6,7)8)18(30)26-14(2)20(32)36-10/h13-16H,11-12H2,1-10H3,(H,25,29)(H,26,30)(H,27,33)(H,28,34)/t13-,14-,15+,16+/m0/s1. The molecule has 230 valence electrons. The van der Waals surface area contributed by atoms with Gasteiger partial charge < -0.3 is 40.2 Å². The molecule has 0 saturated carbocycles. The fourth-order valence-electron chi connectivity index (χ4n) is 2.60. The summed E-state index contributed by atoms with van der Waals surface area (Å²) in [5.41, 5.74) is -1.64. The zero-order chi connectivity index (χ0) is 31.3. The Morgan fingerprint density at radius 3 is 1.15 bits per heavy atom. The molecule has 0 radical (unpaired) electrons. The first-order valence-electron chi connectivity index (χ1n) is 12.3. The van der Waals surface area contributed by atoms with E-state index in [1.54, 1.807) is 41.5 Å². The van der Waals surface area contributed by atoms with Crippen LogP contribution >= 0.6 is 21.6 Å². The highest BCUT2D eigenvalue weighted by molar-refractivity contribution is 8.76. The maximum Gasteiger partial charge on any atom is 0.408 e. The summed E-state index contributed by atoms with van der Waals surface area (Å²) in [5, 5.41) is 9.87. The molecule has 14 nitrogen and oxygen atoms in total. The van der Waals surface area contributed by atoms with Crippen molar-refractivity contribution in [3.8, 4) is 0 Å². The molecule has 0 fully saturated rings. The van der Waals surface area contributed by atoms with Crippen molar-refractivity contribution in [3.05, 3.63) is 0 Å². The van der Waals surface area contributed by atoms with Crippen molar-refractivity contribution in [3.63, 3.8) is 0 Å². The second kappa shape index (κ2) is 17.0. The molecule has 0 spiro atoms. The summed E-state index contributed by atoms with van der Waals surface area (Å²) < 4.78 is 19.7. The summed E-state index contributed by atoms with van der Waals surface area (Å²) in [6, 6.07) is -4.18. The molecule has 16 heteroatoms. The Labute approximate surface area is 242 Å². The Morgan fingerprint density at radius 1 is 0.600 bits per heavy atom. The average Bonchev–Trinajstić information content (AvgIpc) is 2.81. The van der Waals surface area contributed by atoms with E-state index >= 15 is 0 Å². The van der Waals surface area contributed by atoms with Crippen LogP contribution in [0.1, 0.15) is 55.4 Å². The molecule has 0 aromatic rings. The number of methoxy groups -OCH3 is 2. The second-order valence-corrected chi connectivity index (χ2v) is 13.0. The van der Waals surface area contributed by atoms with E-state index in [2.05, 4.69) is 30.7 Å². The molecule has 4 N–H and O–H groups in total. The Bertz CT molecular complexity index is 833. The molecule has 40 heavy (non-hydrogen) atoms. The highest BCUT2D eigenvalue weighted by Gasteiger charge is 2.29. The van der Waals surface area contributed by atoms with Crippen LogP contribution < -0.4 is 21.3 Å². The zero-order valence-corrected chi connectivity index (χ0v) is 26.3. The summed E-state index contributed by atoms with van der Waals surface area (Å²) in [7, 11) is 4.58. The lowest BCUT2D eigenvalue weighted by atomic mass is 10.2. The topological polar surface area (TPSA) is 187 Å². The first-order valence-corrected chi connectivity index (χ1v) is 14.8. The van der Waals surface area contributed by atoms with Crippen LogP contribution in [0.3, 0.4) is 0 Å². The molecule has 0 aromatic heterocycles. The maximum atomic E-state index is 12.8. The molecule has 0 aromatic carbocycles. The van der Waals surface area contributed by atoms with Gasteiger partial charge in [-0.1, -0.05) is 21.6 Å². The third-order valence-electron chi connectivity index (χ3n) is 4.39. The van der Waals surface area contributed by atoms with E-state index in [-0.39, 0.29) is 11.5 Å². The lowest BCUT2D eigenvalue weighted by Gasteiger charge is -2.25. The summed E-state index contributed by atoms with van der Waals surface area (Å²) >= 11 is 0. The van der Waals surface area contributed by atoms with Crippen molar-refractivity contribution < 1.29 is 47.7 Å². The lowest BCUT2D eigenvalue weighted by molar-refractivity contribution is -0.145. The highest BCUT2D eigenvalue weighted by Crippen LogP contribution is 2.24. The molecule has 0 bridgehead atoms. The molecule has 0 unspecified atom stereocenters. The fourth-order valence-corrected chi connectivity index (χ4v) is 4.92. The number of esters is 2. The van der Waals surface area contributed by atoms with Crippen LogP contribution in [0.2, 0.25) is 0 Å². The highest BCUT2D eigenvalue weighted by atomic mass is 33.1. The largest absolute Gasteiger partial charge is 0.467 e. The number of ether oxygens (including phenoxy) is 4. The van der Waals surface area contributed by atoms with Crippen LogP contribution in [0.15, 0.2) is 0 Å². The molecule has 0 rings (SSSR count). The Balaban J connectivity index is 5.46. The molecule has 4 amide bonds. The van der Waals surface area contributed by atoms with Crippen molar-refractivity contribution in [1.82, 2.24) is 21.3 Å². The minimum atomic E-state index is -1.12. The predicted octanol–water partition coefficient (Wildman–Crippen LogP) is 1.51. The van der Waals surface area contributed by atoms with Gasteiger partial charge in [0.2, 0.25) is 11.8 Å². The van der Waals surface area contributed by atoms with E-state index in [0.717, 1.165) is 21.6 Å². The third-order valence-corrected chi connectivity index (χ3v) is 6.82. The molecular weight excluding hydrogens is 568 g/mol. The number of amides is 4. The number of carbonyl (C=O) groups excluding carboxylic acids is 6. The Morgan fingerprint density at radius 2 is 0.900 bits per heavy atom. The number of hydrogen-bond acceptors (Lipinski definition) is 12. The van der Waals surface area contributed by atoms with Crippen molar-refractivity contribution in [1.29, 1.82) is 0 Å². The SMILES string of the molecule is COC(=O)[C@H](C)NC(=O)[C@@H](CSSC[C@@H](NC(=O)OC(C)(C)C)C(=O)N[C@@H](C)C(=O)OC)NC(=O)OC(C)(C)C. The summed E-state index contributed by atoms with van der Waals surface area (Å²) in [4.78, 5) is 73.7. The minimum absolute atomic E-state index is 0.00295. The predicted molar refractivity (Wildman–Crippen MR) is 150 cm³/mol. The quantitative estimate of drug-likeness (QED) is 0.102. The number of rotatable bonds is 13. The van der Waals surface area contributed by atoms with Gasteiger partial charge in [0.25, 0.3) is 0 Å². The molecule has 0 heterocycles. The molecule has 0 aliphatic rings. The molecule has 0 aliphatic heterocycles. The number of hydrogen-bond donors (Lipinski definition) is 4. The van der Waals surface area contributed by atoms with Crippen LogP contribution in [-0.2, 0) is 38.1 Å². The van der Waals surface area contributed by atoms with E-state index in [4.69, 9.17) is 9.47 Å². The Hall–Kier alpha value is -2.88. The van der Waals surface area contributed by atoms with Crippen molar-refractivity contribution in [2.24, 2.45) is 0 Å². The molecular formula is C24H42N4O10S2. The molecule has 0 saturated heterocycles. The minimum Gasteiger partial charge on any atom is -0.467 e. The van der Waals surface area contributed by atoms with Crippen molar-refractivity contribution >= 4 is 57.5 Å². The van der Waals surface area contributed by atoms with Gasteiger partial charge in [-0.25, -0.2) is 19.2 Å². The maximum absolute atomic E-state index is 12.8. The van der Waals surface area contributed by atoms with E-state index in [1.165, 1.54) is 28.1 Å². The van der Waals surface area contributed by atoms with Crippen LogP contribution in [0.25, 0.3) is 0 Å². The van der Waals surface area contributed by atoms with E-state index in [1.807, 2.05) is 0 Å². The van der Waals surface area contributed by atoms with Crippen molar-refractivity contribution in [2.75, 3.05) is 25.7 Å². The van der Waals surface area contributed by atoms with Crippen LogP contribution in [0.4, 0.5) is 9.59 Å². The van der Waals surface area contributed by atoms with Gasteiger partial charge in [0.15, 0.2) is 0 Å². The number of carbonyl (C=O) groups is 6. The van der Waals surface area contributed by atoms with Gasteiger partial charge in [0, 0.05) is 11.5 Å². The fraction of sp³-hybridized carbons (Fsp3) is 0.750. The Kier molecular flexibility index (Phi) is 15.8. The summed E-state index contributed by atoms with van der Waals surface area (Å²) in [6.45, 7) is 12.8. The van der Waals surface area contributed by atoms with Gasteiger partial charge in [0.05, 0.1) is 14.2 Å². The van der Waals surface area contributed by atoms with Gasteiger partial charge >= 0.3 is 24.1 Å². The van der Waals surface area contributed by atoms with E-state index in [0.29, 0.717) is 0 Å². The molecule has 4 atom stereocenters. The van der Waals surface area contributed by atoms with Gasteiger partial charge in [0.1, 0.15) is 35.4 Å². The van der Waals surface area contributed by atoms with Crippen molar-refractivity contribution in [2.45, 2.75) is 90.8 Å². The van der Waals surface area contributed by atoms with Gasteiger partial charge in [-0.15, -0.1) is 0 Å². The van der Waals surface area contributed by atoms with E-state index in [9.17, 15) is 28.8 Å². The van der Waals surface area contributed by atoms with Gasteiger partial charge in [-0.3, -0.25) is 9.59 Å². The first kappa shape index (κ1) is 37.1. The summed E-state index contributed by atoms with van der Waals surface area (Å²) in [6.07, 6.45) is -1.69. The zero-order valence-electron chi connectivity index (χ0n) is 24.6. The second-order valence-electron chi connectivity index (χ2n) is 10.5. The number of nitrogens with one attached hydrogen (secondary N) is 4.